The number of anilines is 1. The molecule has 1 rings (SSSR count). The monoisotopic (exact) mass is 258 g/mol. The molecule has 0 fully saturated rings. The summed E-state index contributed by atoms with van der Waals surface area (Å²) in [6.07, 6.45) is 0. The highest BCUT2D eigenvalue weighted by Crippen LogP contribution is 2.22. The SMILES string of the molecule is COCC(=O)Nc1ccc(C(N)=S)cc1Cl. The second-order valence-corrected chi connectivity index (χ2v) is 3.89. The van der Waals surface area contributed by atoms with E-state index in [0.717, 1.165) is 0 Å². The number of ether oxygens (including phenoxy) is 1. The van der Waals surface area contributed by atoms with Crippen molar-refractivity contribution in [2.75, 3.05) is 19.0 Å². The van der Waals surface area contributed by atoms with Crippen LogP contribution in [0.2, 0.25) is 5.02 Å². The van der Waals surface area contributed by atoms with Gasteiger partial charge in [0, 0.05) is 12.7 Å². The predicted octanol–water partition coefficient (Wildman–Crippen LogP) is 1.56. The Bertz CT molecular complexity index is 423. The van der Waals surface area contributed by atoms with E-state index in [0.29, 0.717) is 16.3 Å². The maximum Gasteiger partial charge on any atom is 0.250 e. The van der Waals surface area contributed by atoms with Crippen LogP contribution >= 0.6 is 23.8 Å². The van der Waals surface area contributed by atoms with E-state index < -0.39 is 0 Å². The highest BCUT2D eigenvalue weighted by molar-refractivity contribution is 7.80. The number of benzene rings is 1. The summed E-state index contributed by atoms with van der Waals surface area (Å²) in [7, 11) is 1.44. The normalized spacial score (nSPS) is 9.88. The molecular formula is C10H11ClN2O2S. The molecule has 86 valence electrons. The lowest BCUT2D eigenvalue weighted by Crippen LogP contribution is -2.17. The van der Waals surface area contributed by atoms with E-state index in [2.05, 4.69) is 10.1 Å². The van der Waals surface area contributed by atoms with Crippen LogP contribution in [0.5, 0.6) is 0 Å². The number of halogens is 1. The number of nitrogens with one attached hydrogen (secondary N) is 1. The molecule has 16 heavy (non-hydrogen) atoms. The van der Waals surface area contributed by atoms with Crippen LogP contribution in [0, 0.1) is 0 Å². The fourth-order valence-electron chi connectivity index (χ4n) is 1.09. The van der Waals surface area contributed by atoms with Crippen molar-refractivity contribution in [1.29, 1.82) is 0 Å². The Hall–Kier alpha value is -1.17. The molecule has 0 saturated heterocycles. The van der Waals surface area contributed by atoms with Gasteiger partial charge in [-0.2, -0.15) is 0 Å². The molecule has 0 saturated carbocycles. The molecule has 0 aliphatic carbocycles. The number of rotatable bonds is 4. The Balaban J connectivity index is 2.83. The first-order chi connectivity index (χ1) is 7.54. The summed E-state index contributed by atoms with van der Waals surface area (Å²) in [5, 5.41) is 2.98. The fourth-order valence-corrected chi connectivity index (χ4v) is 1.44. The lowest BCUT2D eigenvalue weighted by molar-refractivity contribution is -0.119. The first-order valence-corrected chi connectivity index (χ1v) is 5.21. The van der Waals surface area contributed by atoms with Crippen LogP contribution in [0.4, 0.5) is 5.69 Å². The summed E-state index contributed by atoms with van der Waals surface area (Å²) < 4.78 is 4.68. The van der Waals surface area contributed by atoms with Crippen molar-refractivity contribution in [2.45, 2.75) is 0 Å². The molecule has 0 atom stereocenters. The maximum atomic E-state index is 11.2. The molecule has 0 heterocycles. The molecule has 1 aromatic carbocycles. The topological polar surface area (TPSA) is 64.3 Å². The van der Waals surface area contributed by atoms with Crippen LogP contribution < -0.4 is 11.1 Å². The van der Waals surface area contributed by atoms with Crippen molar-refractivity contribution in [3.8, 4) is 0 Å². The van der Waals surface area contributed by atoms with Gasteiger partial charge < -0.3 is 15.8 Å². The number of carbonyl (C=O) groups excluding carboxylic acids is 1. The second kappa shape index (κ2) is 5.79. The highest BCUT2D eigenvalue weighted by atomic mass is 35.5. The average Bonchev–Trinajstić information content (AvgIpc) is 2.21. The van der Waals surface area contributed by atoms with Gasteiger partial charge in [0.05, 0.1) is 10.7 Å². The van der Waals surface area contributed by atoms with Crippen LogP contribution in [-0.2, 0) is 9.53 Å². The lowest BCUT2D eigenvalue weighted by Gasteiger charge is -2.07. The molecule has 0 aliphatic rings. The van der Waals surface area contributed by atoms with E-state index >= 15 is 0 Å². The molecule has 0 aliphatic heterocycles. The van der Waals surface area contributed by atoms with Gasteiger partial charge in [0.15, 0.2) is 0 Å². The van der Waals surface area contributed by atoms with E-state index in [1.54, 1.807) is 18.2 Å². The molecule has 0 radical (unpaired) electrons. The fraction of sp³-hybridized carbons (Fsp3) is 0.200. The lowest BCUT2D eigenvalue weighted by atomic mass is 10.2. The summed E-state index contributed by atoms with van der Waals surface area (Å²) in [6.45, 7) is -0.0205. The standard InChI is InChI=1S/C10H11ClN2O2S/c1-15-5-9(14)13-8-3-2-6(10(12)16)4-7(8)11/h2-4H,5H2,1H3,(H2,12,16)(H,13,14). The number of hydrogen-bond acceptors (Lipinski definition) is 3. The van der Waals surface area contributed by atoms with E-state index in [1.807, 2.05) is 0 Å². The zero-order chi connectivity index (χ0) is 12.1. The third-order valence-corrected chi connectivity index (χ3v) is 2.35. The van der Waals surface area contributed by atoms with Crippen molar-refractivity contribution >= 4 is 40.4 Å². The van der Waals surface area contributed by atoms with E-state index in [4.69, 9.17) is 29.6 Å². The first-order valence-electron chi connectivity index (χ1n) is 4.42. The zero-order valence-electron chi connectivity index (χ0n) is 8.62. The van der Waals surface area contributed by atoms with E-state index in [9.17, 15) is 4.79 Å². The molecule has 0 bridgehead atoms. The summed E-state index contributed by atoms with van der Waals surface area (Å²) in [5.41, 5.74) is 6.61. The molecule has 0 aromatic heterocycles. The Morgan fingerprint density at radius 2 is 2.31 bits per heavy atom. The molecule has 1 aromatic rings. The molecule has 6 heteroatoms. The Morgan fingerprint density at radius 3 is 2.81 bits per heavy atom. The predicted molar refractivity (Wildman–Crippen MR) is 67.8 cm³/mol. The number of methoxy groups -OCH3 is 1. The number of thiocarbonyl (C=S) groups is 1. The molecule has 0 unspecified atom stereocenters. The summed E-state index contributed by atoms with van der Waals surface area (Å²) in [5.74, 6) is -0.271. The number of amides is 1. The Kier molecular flexibility index (Phi) is 4.67. The summed E-state index contributed by atoms with van der Waals surface area (Å²) in [6, 6.07) is 4.94. The molecular weight excluding hydrogens is 248 g/mol. The van der Waals surface area contributed by atoms with Gasteiger partial charge >= 0.3 is 0 Å². The first kappa shape index (κ1) is 12.9. The molecule has 0 spiro atoms. The van der Waals surface area contributed by atoms with E-state index in [-0.39, 0.29) is 17.5 Å². The number of hydrogen-bond donors (Lipinski definition) is 2. The second-order valence-electron chi connectivity index (χ2n) is 3.04. The summed E-state index contributed by atoms with van der Waals surface area (Å²) in [4.78, 5) is 11.5. The Labute approximate surface area is 104 Å². The minimum absolute atomic E-state index is 0.0205. The van der Waals surface area contributed by atoms with Gasteiger partial charge in [-0.15, -0.1) is 0 Å². The van der Waals surface area contributed by atoms with Crippen molar-refractivity contribution in [2.24, 2.45) is 5.73 Å². The van der Waals surface area contributed by atoms with Gasteiger partial charge in [-0.1, -0.05) is 23.8 Å². The quantitative estimate of drug-likeness (QED) is 0.805. The minimum Gasteiger partial charge on any atom is -0.389 e. The maximum absolute atomic E-state index is 11.2. The zero-order valence-corrected chi connectivity index (χ0v) is 10.2. The van der Waals surface area contributed by atoms with Gasteiger partial charge in [0.1, 0.15) is 11.6 Å². The van der Waals surface area contributed by atoms with Crippen LogP contribution in [0.1, 0.15) is 5.56 Å². The smallest absolute Gasteiger partial charge is 0.250 e. The third kappa shape index (κ3) is 3.44. The Morgan fingerprint density at radius 1 is 1.62 bits per heavy atom. The number of nitrogens with two attached hydrogens (primary N) is 1. The van der Waals surface area contributed by atoms with Gasteiger partial charge in [0.25, 0.3) is 0 Å². The average molecular weight is 259 g/mol. The van der Waals surface area contributed by atoms with Gasteiger partial charge in [-0.3, -0.25) is 4.79 Å². The molecule has 4 nitrogen and oxygen atoms in total. The molecule has 3 N–H and O–H groups in total. The van der Waals surface area contributed by atoms with Gasteiger partial charge in [-0.25, -0.2) is 0 Å². The van der Waals surface area contributed by atoms with Gasteiger partial charge in [-0.05, 0) is 18.2 Å². The molecule has 1 amide bonds. The largest absolute Gasteiger partial charge is 0.389 e. The van der Waals surface area contributed by atoms with Crippen molar-refractivity contribution in [3.05, 3.63) is 28.8 Å². The van der Waals surface area contributed by atoms with Crippen LogP contribution in [-0.4, -0.2) is 24.6 Å². The number of carbonyl (C=O) groups is 1. The highest BCUT2D eigenvalue weighted by Gasteiger charge is 2.06. The summed E-state index contributed by atoms with van der Waals surface area (Å²) >= 11 is 10.8. The van der Waals surface area contributed by atoms with Crippen LogP contribution in [0.3, 0.4) is 0 Å². The van der Waals surface area contributed by atoms with Crippen LogP contribution in [0.15, 0.2) is 18.2 Å². The van der Waals surface area contributed by atoms with Crippen molar-refractivity contribution < 1.29 is 9.53 Å². The van der Waals surface area contributed by atoms with Crippen LogP contribution in [0.25, 0.3) is 0 Å². The minimum atomic E-state index is -0.271. The third-order valence-electron chi connectivity index (χ3n) is 1.80. The van der Waals surface area contributed by atoms with Crippen molar-refractivity contribution in [1.82, 2.24) is 0 Å². The van der Waals surface area contributed by atoms with Crippen molar-refractivity contribution in [3.63, 3.8) is 0 Å². The van der Waals surface area contributed by atoms with E-state index in [1.165, 1.54) is 7.11 Å². The van der Waals surface area contributed by atoms with Gasteiger partial charge in [0.2, 0.25) is 5.91 Å².